The third-order valence-corrected chi connectivity index (χ3v) is 5.07. The standard InChI is InChI=1S/C17H25ClN2O/c1-12-7-9-17(11-19,10-8-12)16(21)20-13(2)14-3-5-15(18)6-4-14/h3-6,12-13H,7-11,19H2,1-2H3,(H,20,21)/t12?,13-,17?/m0/s1. The van der Waals surface area contributed by atoms with E-state index >= 15 is 0 Å². The fourth-order valence-electron chi connectivity index (χ4n) is 3.02. The van der Waals surface area contributed by atoms with Crippen LogP contribution in [0, 0.1) is 11.3 Å². The van der Waals surface area contributed by atoms with Crippen molar-refractivity contribution in [3.63, 3.8) is 0 Å². The van der Waals surface area contributed by atoms with E-state index in [1.807, 2.05) is 31.2 Å². The largest absolute Gasteiger partial charge is 0.349 e. The Morgan fingerprint density at radius 1 is 1.38 bits per heavy atom. The van der Waals surface area contributed by atoms with Crippen molar-refractivity contribution in [2.75, 3.05) is 6.54 Å². The van der Waals surface area contributed by atoms with Gasteiger partial charge in [-0.2, -0.15) is 0 Å². The predicted molar refractivity (Wildman–Crippen MR) is 87.1 cm³/mol. The maximum atomic E-state index is 12.7. The zero-order chi connectivity index (χ0) is 15.5. The van der Waals surface area contributed by atoms with Crippen LogP contribution in [-0.2, 0) is 4.79 Å². The number of carbonyl (C=O) groups excluding carboxylic acids is 1. The minimum absolute atomic E-state index is 0.0301. The minimum Gasteiger partial charge on any atom is -0.349 e. The predicted octanol–water partition coefficient (Wildman–Crippen LogP) is 3.67. The van der Waals surface area contributed by atoms with Crippen molar-refractivity contribution in [2.45, 2.75) is 45.6 Å². The Kier molecular flexibility index (Phi) is 5.28. The van der Waals surface area contributed by atoms with E-state index in [0.29, 0.717) is 17.5 Å². The van der Waals surface area contributed by atoms with Gasteiger partial charge in [-0.05, 0) is 56.2 Å². The third-order valence-electron chi connectivity index (χ3n) is 4.82. The van der Waals surface area contributed by atoms with E-state index in [2.05, 4.69) is 12.2 Å². The molecule has 1 aromatic rings. The van der Waals surface area contributed by atoms with Gasteiger partial charge >= 0.3 is 0 Å². The first-order chi connectivity index (χ1) is 9.97. The smallest absolute Gasteiger partial charge is 0.227 e. The zero-order valence-corrected chi connectivity index (χ0v) is 13.6. The number of hydrogen-bond donors (Lipinski definition) is 2. The Bertz CT molecular complexity index is 478. The number of nitrogens with two attached hydrogens (primary N) is 1. The molecule has 116 valence electrons. The van der Waals surface area contributed by atoms with Gasteiger partial charge in [-0.3, -0.25) is 4.79 Å². The van der Waals surface area contributed by atoms with Crippen LogP contribution in [0.1, 0.15) is 51.1 Å². The third kappa shape index (κ3) is 3.78. The number of rotatable bonds is 4. The fourth-order valence-corrected chi connectivity index (χ4v) is 3.15. The summed E-state index contributed by atoms with van der Waals surface area (Å²) in [5.41, 5.74) is 6.62. The molecule has 3 N–H and O–H groups in total. The van der Waals surface area contributed by atoms with Crippen LogP contribution in [0.4, 0.5) is 0 Å². The molecule has 21 heavy (non-hydrogen) atoms. The van der Waals surface area contributed by atoms with Gasteiger partial charge in [-0.25, -0.2) is 0 Å². The van der Waals surface area contributed by atoms with Gasteiger partial charge in [0.05, 0.1) is 11.5 Å². The monoisotopic (exact) mass is 308 g/mol. The van der Waals surface area contributed by atoms with Crippen molar-refractivity contribution in [1.82, 2.24) is 5.32 Å². The zero-order valence-electron chi connectivity index (χ0n) is 12.9. The van der Waals surface area contributed by atoms with Gasteiger partial charge in [0, 0.05) is 11.6 Å². The molecule has 1 amide bonds. The highest BCUT2D eigenvalue weighted by Crippen LogP contribution is 2.38. The van der Waals surface area contributed by atoms with Crippen molar-refractivity contribution in [3.8, 4) is 0 Å². The molecule has 0 unspecified atom stereocenters. The van der Waals surface area contributed by atoms with Crippen LogP contribution in [0.25, 0.3) is 0 Å². The molecule has 1 aromatic carbocycles. The highest BCUT2D eigenvalue weighted by Gasteiger charge is 2.40. The van der Waals surface area contributed by atoms with Gasteiger partial charge < -0.3 is 11.1 Å². The average molecular weight is 309 g/mol. The number of carbonyl (C=O) groups is 1. The van der Waals surface area contributed by atoms with Crippen LogP contribution in [0.2, 0.25) is 5.02 Å². The summed E-state index contributed by atoms with van der Waals surface area (Å²) in [6.45, 7) is 4.67. The summed E-state index contributed by atoms with van der Waals surface area (Å²) in [7, 11) is 0. The number of benzene rings is 1. The molecule has 2 rings (SSSR count). The first kappa shape index (κ1) is 16.3. The molecule has 1 aliphatic carbocycles. The van der Waals surface area contributed by atoms with Crippen LogP contribution in [0.5, 0.6) is 0 Å². The van der Waals surface area contributed by atoms with Crippen molar-refractivity contribution in [2.24, 2.45) is 17.1 Å². The molecule has 1 fully saturated rings. The Morgan fingerprint density at radius 2 is 1.95 bits per heavy atom. The van der Waals surface area contributed by atoms with E-state index in [0.717, 1.165) is 31.2 Å². The van der Waals surface area contributed by atoms with Gasteiger partial charge in [-0.1, -0.05) is 30.7 Å². The van der Waals surface area contributed by atoms with Crippen LogP contribution in [0.15, 0.2) is 24.3 Å². The highest BCUT2D eigenvalue weighted by atomic mass is 35.5. The van der Waals surface area contributed by atoms with Crippen molar-refractivity contribution >= 4 is 17.5 Å². The molecule has 4 heteroatoms. The molecule has 3 nitrogen and oxygen atoms in total. The summed E-state index contributed by atoms with van der Waals surface area (Å²) in [6.07, 6.45) is 3.95. The molecule has 0 aliphatic heterocycles. The first-order valence-corrected chi connectivity index (χ1v) is 8.11. The van der Waals surface area contributed by atoms with Crippen LogP contribution < -0.4 is 11.1 Å². The van der Waals surface area contributed by atoms with Crippen LogP contribution >= 0.6 is 11.6 Å². The van der Waals surface area contributed by atoms with Gasteiger partial charge in [0.2, 0.25) is 5.91 Å². The van der Waals surface area contributed by atoms with E-state index in [4.69, 9.17) is 17.3 Å². The molecule has 0 bridgehead atoms. The normalized spacial score (nSPS) is 27.1. The molecular formula is C17H25ClN2O. The number of nitrogens with one attached hydrogen (secondary N) is 1. The molecule has 1 saturated carbocycles. The lowest BCUT2D eigenvalue weighted by molar-refractivity contribution is -0.133. The highest BCUT2D eigenvalue weighted by molar-refractivity contribution is 6.30. The molecule has 0 spiro atoms. The van der Waals surface area contributed by atoms with Gasteiger partial charge in [-0.15, -0.1) is 0 Å². The molecule has 0 heterocycles. The van der Waals surface area contributed by atoms with E-state index in [1.54, 1.807) is 0 Å². The van der Waals surface area contributed by atoms with Gasteiger partial charge in [0.1, 0.15) is 0 Å². The SMILES string of the molecule is CC1CCC(CN)(C(=O)N[C@@H](C)c2ccc(Cl)cc2)CC1. The van der Waals surface area contributed by atoms with Gasteiger partial charge in [0.25, 0.3) is 0 Å². The summed E-state index contributed by atoms with van der Waals surface area (Å²) in [5.74, 6) is 0.797. The summed E-state index contributed by atoms with van der Waals surface area (Å²) >= 11 is 5.90. The second-order valence-corrected chi connectivity index (χ2v) is 6.85. The number of amides is 1. The van der Waals surface area contributed by atoms with Gasteiger partial charge in [0.15, 0.2) is 0 Å². The average Bonchev–Trinajstić information content (AvgIpc) is 2.49. The molecule has 0 saturated heterocycles. The van der Waals surface area contributed by atoms with Crippen molar-refractivity contribution in [1.29, 1.82) is 0 Å². The molecule has 1 aliphatic rings. The number of hydrogen-bond acceptors (Lipinski definition) is 2. The Balaban J connectivity index is 2.03. The lowest BCUT2D eigenvalue weighted by Gasteiger charge is -2.38. The second-order valence-electron chi connectivity index (χ2n) is 6.41. The van der Waals surface area contributed by atoms with E-state index in [9.17, 15) is 4.79 Å². The lowest BCUT2D eigenvalue weighted by Crippen LogP contribution is -2.48. The molecule has 0 aromatic heterocycles. The van der Waals surface area contributed by atoms with Crippen LogP contribution in [0.3, 0.4) is 0 Å². The topological polar surface area (TPSA) is 55.1 Å². The maximum Gasteiger partial charge on any atom is 0.227 e. The van der Waals surface area contributed by atoms with Crippen molar-refractivity contribution in [3.05, 3.63) is 34.9 Å². The Labute approximate surface area is 132 Å². The quantitative estimate of drug-likeness (QED) is 0.891. The number of halogens is 1. The van der Waals surface area contributed by atoms with E-state index in [1.165, 1.54) is 0 Å². The van der Waals surface area contributed by atoms with E-state index < -0.39 is 0 Å². The Morgan fingerprint density at radius 3 is 2.48 bits per heavy atom. The molecule has 0 radical (unpaired) electrons. The summed E-state index contributed by atoms with van der Waals surface area (Å²) in [5, 5.41) is 3.84. The second kappa shape index (κ2) is 6.80. The first-order valence-electron chi connectivity index (χ1n) is 7.73. The molecule has 1 atom stereocenters. The van der Waals surface area contributed by atoms with Crippen molar-refractivity contribution < 1.29 is 4.79 Å². The summed E-state index contributed by atoms with van der Waals surface area (Å²) in [4.78, 5) is 12.7. The van der Waals surface area contributed by atoms with Crippen LogP contribution in [-0.4, -0.2) is 12.5 Å². The fraction of sp³-hybridized carbons (Fsp3) is 0.588. The lowest BCUT2D eigenvalue weighted by atomic mass is 9.70. The minimum atomic E-state index is -0.382. The summed E-state index contributed by atoms with van der Waals surface area (Å²) in [6, 6.07) is 7.56. The molecular weight excluding hydrogens is 284 g/mol. The van der Waals surface area contributed by atoms with E-state index in [-0.39, 0.29) is 17.4 Å². The Hall–Kier alpha value is -1.06. The summed E-state index contributed by atoms with van der Waals surface area (Å²) < 4.78 is 0. The maximum absolute atomic E-state index is 12.7.